The Kier molecular flexibility index (Phi) is 9.11. The SMILES string of the molecule is CCCCCCCCC(=O)OOC(C)(C)CC(C)(C)C. The standard InChI is InChI=1S/C17H34O3/c1-7-8-9-10-11-12-13-15(18)19-20-17(5,6)14-16(2,3)4/h7-14H2,1-6H3. The summed E-state index contributed by atoms with van der Waals surface area (Å²) in [7, 11) is 0. The number of carbonyl (C=O) groups is 1. The summed E-state index contributed by atoms with van der Waals surface area (Å²) in [6, 6.07) is 0. The Bertz CT molecular complexity index is 264. The van der Waals surface area contributed by atoms with Gasteiger partial charge in [-0.15, -0.1) is 0 Å². The van der Waals surface area contributed by atoms with Crippen LogP contribution in [0.1, 0.15) is 92.9 Å². The van der Waals surface area contributed by atoms with E-state index in [2.05, 4.69) is 27.7 Å². The van der Waals surface area contributed by atoms with Crippen LogP contribution in [0.25, 0.3) is 0 Å². The second-order valence-corrected chi connectivity index (χ2v) is 7.55. The second-order valence-electron chi connectivity index (χ2n) is 7.55. The number of rotatable bonds is 10. The van der Waals surface area contributed by atoms with Gasteiger partial charge in [-0.05, 0) is 32.1 Å². The van der Waals surface area contributed by atoms with Crippen LogP contribution in [0, 0.1) is 5.41 Å². The third kappa shape index (κ3) is 12.5. The zero-order chi connectivity index (χ0) is 15.6. The summed E-state index contributed by atoms with van der Waals surface area (Å²) in [6.45, 7) is 12.6. The van der Waals surface area contributed by atoms with Crippen molar-refractivity contribution in [2.75, 3.05) is 0 Å². The molecule has 120 valence electrons. The molecule has 3 nitrogen and oxygen atoms in total. The van der Waals surface area contributed by atoms with Crippen molar-refractivity contribution in [3.8, 4) is 0 Å². The van der Waals surface area contributed by atoms with Gasteiger partial charge in [0.15, 0.2) is 0 Å². The van der Waals surface area contributed by atoms with Crippen LogP contribution in [0.3, 0.4) is 0 Å². The van der Waals surface area contributed by atoms with Gasteiger partial charge in [-0.2, -0.15) is 4.89 Å². The van der Waals surface area contributed by atoms with Crippen molar-refractivity contribution in [2.24, 2.45) is 5.41 Å². The van der Waals surface area contributed by atoms with Crippen LogP contribution in [0.5, 0.6) is 0 Å². The molecule has 0 radical (unpaired) electrons. The lowest BCUT2D eigenvalue weighted by atomic mass is 9.84. The first-order chi connectivity index (χ1) is 9.16. The first-order valence-electron chi connectivity index (χ1n) is 8.05. The number of unbranched alkanes of at least 4 members (excludes halogenated alkanes) is 5. The predicted octanol–water partition coefficient (Wildman–Crippen LogP) is 5.43. The van der Waals surface area contributed by atoms with Crippen molar-refractivity contribution in [3.63, 3.8) is 0 Å². The molecular formula is C17H34O3. The van der Waals surface area contributed by atoms with Gasteiger partial charge in [-0.25, -0.2) is 4.79 Å². The van der Waals surface area contributed by atoms with Crippen molar-refractivity contribution in [1.29, 1.82) is 0 Å². The Morgan fingerprint density at radius 1 is 0.900 bits per heavy atom. The molecule has 0 amide bonds. The molecule has 0 aromatic rings. The summed E-state index contributed by atoms with van der Waals surface area (Å²) in [5.74, 6) is -0.248. The fraction of sp³-hybridized carbons (Fsp3) is 0.941. The highest BCUT2D eigenvalue weighted by molar-refractivity contribution is 5.68. The normalized spacial score (nSPS) is 12.5. The van der Waals surface area contributed by atoms with Gasteiger partial charge in [0.2, 0.25) is 0 Å². The van der Waals surface area contributed by atoms with Crippen molar-refractivity contribution in [1.82, 2.24) is 0 Å². The summed E-state index contributed by atoms with van der Waals surface area (Å²) < 4.78 is 0. The molecule has 0 aliphatic heterocycles. The summed E-state index contributed by atoms with van der Waals surface area (Å²) in [4.78, 5) is 21.9. The van der Waals surface area contributed by atoms with Crippen LogP contribution < -0.4 is 0 Å². The van der Waals surface area contributed by atoms with E-state index < -0.39 is 5.60 Å². The molecule has 0 unspecified atom stereocenters. The topological polar surface area (TPSA) is 35.5 Å². The Labute approximate surface area is 125 Å². The third-order valence-electron chi connectivity index (χ3n) is 3.05. The van der Waals surface area contributed by atoms with E-state index in [1.54, 1.807) is 0 Å². The van der Waals surface area contributed by atoms with E-state index in [0.717, 1.165) is 19.3 Å². The third-order valence-corrected chi connectivity index (χ3v) is 3.05. The van der Waals surface area contributed by atoms with Crippen LogP contribution >= 0.6 is 0 Å². The van der Waals surface area contributed by atoms with Gasteiger partial charge in [0.25, 0.3) is 0 Å². The molecule has 0 saturated heterocycles. The lowest BCUT2D eigenvalue weighted by molar-refractivity contribution is -0.329. The summed E-state index contributed by atoms with van der Waals surface area (Å²) in [6.07, 6.45) is 8.29. The predicted molar refractivity (Wildman–Crippen MR) is 83.3 cm³/mol. The molecule has 0 aliphatic rings. The molecule has 3 heteroatoms. The van der Waals surface area contributed by atoms with Crippen molar-refractivity contribution in [3.05, 3.63) is 0 Å². The van der Waals surface area contributed by atoms with Gasteiger partial charge in [-0.3, -0.25) is 4.89 Å². The largest absolute Gasteiger partial charge is 0.342 e. The van der Waals surface area contributed by atoms with E-state index in [1.807, 2.05) is 13.8 Å². The van der Waals surface area contributed by atoms with E-state index in [4.69, 9.17) is 9.78 Å². The number of hydrogen-bond donors (Lipinski definition) is 0. The highest BCUT2D eigenvalue weighted by Gasteiger charge is 2.28. The molecule has 0 aromatic heterocycles. The molecule has 0 N–H and O–H groups in total. The molecule has 0 saturated carbocycles. The molecule has 0 spiro atoms. The molecular weight excluding hydrogens is 252 g/mol. The van der Waals surface area contributed by atoms with Crippen LogP contribution in [-0.4, -0.2) is 11.6 Å². The lowest BCUT2D eigenvalue weighted by Crippen LogP contribution is -2.31. The molecule has 0 rings (SSSR count). The van der Waals surface area contributed by atoms with Gasteiger partial charge in [0.05, 0.1) is 0 Å². The maximum Gasteiger partial charge on any atom is 0.342 e. The van der Waals surface area contributed by atoms with Crippen LogP contribution in [0.15, 0.2) is 0 Å². The Morgan fingerprint density at radius 3 is 2.00 bits per heavy atom. The van der Waals surface area contributed by atoms with E-state index in [0.29, 0.717) is 6.42 Å². The minimum atomic E-state index is -0.435. The van der Waals surface area contributed by atoms with Crippen molar-refractivity contribution in [2.45, 2.75) is 98.5 Å². The van der Waals surface area contributed by atoms with Crippen molar-refractivity contribution >= 4 is 5.97 Å². The molecule has 0 aromatic carbocycles. The van der Waals surface area contributed by atoms with Crippen LogP contribution in [0.2, 0.25) is 0 Å². The zero-order valence-electron chi connectivity index (χ0n) is 14.4. The lowest BCUT2D eigenvalue weighted by Gasteiger charge is -2.30. The summed E-state index contributed by atoms with van der Waals surface area (Å²) >= 11 is 0. The van der Waals surface area contributed by atoms with Crippen molar-refractivity contribution < 1.29 is 14.6 Å². The first-order valence-corrected chi connectivity index (χ1v) is 8.05. The average molecular weight is 286 g/mol. The maximum absolute atomic E-state index is 11.6. The van der Waals surface area contributed by atoms with E-state index in [1.165, 1.54) is 25.7 Å². The minimum absolute atomic E-state index is 0.148. The fourth-order valence-electron chi connectivity index (χ4n) is 2.56. The van der Waals surface area contributed by atoms with Gasteiger partial charge in [0.1, 0.15) is 5.60 Å². The van der Waals surface area contributed by atoms with E-state index >= 15 is 0 Å². The number of hydrogen-bond acceptors (Lipinski definition) is 3. The quantitative estimate of drug-likeness (QED) is 0.305. The highest BCUT2D eigenvalue weighted by atomic mass is 17.2. The van der Waals surface area contributed by atoms with Crippen LogP contribution in [-0.2, 0) is 14.6 Å². The Hall–Kier alpha value is -0.570. The summed E-state index contributed by atoms with van der Waals surface area (Å²) in [5, 5.41) is 0. The Morgan fingerprint density at radius 2 is 1.45 bits per heavy atom. The molecule has 0 bridgehead atoms. The van der Waals surface area contributed by atoms with Gasteiger partial charge < -0.3 is 0 Å². The van der Waals surface area contributed by atoms with Crippen LogP contribution in [0.4, 0.5) is 0 Å². The molecule has 0 heterocycles. The fourth-order valence-corrected chi connectivity index (χ4v) is 2.56. The molecule has 20 heavy (non-hydrogen) atoms. The molecule has 0 atom stereocenters. The van der Waals surface area contributed by atoms with Gasteiger partial charge in [-0.1, -0.05) is 59.8 Å². The van der Waals surface area contributed by atoms with Gasteiger partial charge >= 0.3 is 5.97 Å². The highest BCUT2D eigenvalue weighted by Crippen LogP contribution is 2.29. The van der Waals surface area contributed by atoms with Gasteiger partial charge in [0, 0.05) is 6.42 Å². The molecule has 0 aliphatic carbocycles. The minimum Gasteiger partial charge on any atom is -0.298 e. The zero-order valence-corrected chi connectivity index (χ0v) is 14.4. The first kappa shape index (κ1) is 19.4. The molecule has 0 fully saturated rings. The Balaban J connectivity index is 3.71. The summed E-state index contributed by atoms with van der Waals surface area (Å²) in [5.41, 5.74) is -0.287. The number of carbonyl (C=O) groups excluding carboxylic acids is 1. The van der Waals surface area contributed by atoms with E-state index in [-0.39, 0.29) is 11.4 Å². The van der Waals surface area contributed by atoms with E-state index in [9.17, 15) is 4.79 Å². The maximum atomic E-state index is 11.6. The second kappa shape index (κ2) is 9.38. The average Bonchev–Trinajstić information content (AvgIpc) is 2.28. The monoisotopic (exact) mass is 286 g/mol. The smallest absolute Gasteiger partial charge is 0.298 e.